The fourth-order valence-electron chi connectivity index (χ4n) is 6.10. The first-order valence-corrected chi connectivity index (χ1v) is 13.4. The van der Waals surface area contributed by atoms with E-state index in [0.29, 0.717) is 43.0 Å². The highest BCUT2D eigenvalue weighted by Crippen LogP contribution is 2.62. The van der Waals surface area contributed by atoms with Gasteiger partial charge in [-0.3, -0.25) is 9.88 Å². The molecule has 1 unspecified atom stereocenters. The van der Waals surface area contributed by atoms with Crippen LogP contribution in [0.15, 0.2) is 48.9 Å². The number of fused-ring (bicyclic) bond motifs is 1. The first kappa shape index (κ1) is 26.2. The summed E-state index contributed by atoms with van der Waals surface area (Å²) in [7, 11) is 0. The Balaban J connectivity index is 1.13. The highest BCUT2D eigenvalue weighted by atomic mass is 19.1. The van der Waals surface area contributed by atoms with E-state index >= 15 is 4.39 Å². The lowest BCUT2D eigenvalue weighted by atomic mass is 9.94. The van der Waals surface area contributed by atoms with E-state index in [1.807, 2.05) is 32.9 Å². The van der Waals surface area contributed by atoms with Crippen molar-refractivity contribution in [2.24, 2.45) is 17.6 Å². The van der Waals surface area contributed by atoms with Crippen LogP contribution in [0.3, 0.4) is 0 Å². The molecule has 1 aromatic carbocycles. The lowest BCUT2D eigenvalue weighted by Crippen LogP contribution is -2.41. The van der Waals surface area contributed by atoms with Crippen LogP contribution in [0.4, 0.5) is 19.7 Å². The topological polar surface area (TPSA) is 129 Å². The maximum atomic E-state index is 15.3. The predicted molar refractivity (Wildman–Crippen MR) is 143 cm³/mol. The monoisotopic (exact) mass is 549 g/mol. The molecule has 3 fully saturated rings. The Morgan fingerprint density at radius 3 is 2.58 bits per heavy atom. The van der Waals surface area contributed by atoms with E-state index in [4.69, 9.17) is 20.2 Å². The molecule has 12 heteroatoms. The number of piperidine rings is 1. The molecule has 1 saturated carbocycles. The summed E-state index contributed by atoms with van der Waals surface area (Å²) in [4.78, 5) is 32.8. The van der Waals surface area contributed by atoms with Crippen LogP contribution in [-0.2, 0) is 21.4 Å². The fraction of sp³-hybridized carbons (Fsp3) is 0.464. The number of ether oxygens (including phenoxy) is 2. The Kier molecular flexibility index (Phi) is 6.25. The molecule has 3 aliphatic rings. The van der Waals surface area contributed by atoms with Gasteiger partial charge in [-0.05, 0) is 56.9 Å². The van der Waals surface area contributed by atoms with Gasteiger partial charge >= 0.3 is 12.2 Å². The van der Waals surface area contributed by atoms with Gasteiger partial charge in [0.05, 0.1) is 25.0 Å². The van der Waals surface area contributed by atoms with Gasteiger partial charge in [0.1, 0.15) is 17.5 Å². The van der Waals surface area contributed by atoms with Crippen molar-refractivity contribution in [3.05, 3.63) is 60.4 Å². The van der Waals surface area contributed by atoms with Crippen molar-refractivity contribution in [3.63, 3.8) is 0 Å². The third-order valence-electron chi connectivity index (χ3n) is 8.08. The van der Waals surface area contributed by atoms with E-state index in [-0.39, 0.29) is 29.9 Å². The van der Waals surface area contributed by atoms with E-state index in [0.717, 1.165) is 5.69 Å². The van der Waals surface area contributed by atoms with Crippen molar-refractivity contribution in [3.8, 4) is 11.1 Å². The number of benzene rings is 1. The van der Waals surface area contributed by atoms with Gasteiger partial charge in [0.2, 0.25) is 0 Å². The Labute approximate surface area is 231 Å². The maximum Gasteiger partial charge on any atom is 0.414 e. The summed E-state index contributed by atoms with van der Waals surface area (Å²) in [6.07, 6.45) is 3.64. The largest absolute Gasteiger partial charge is 0.444 e. The minimum atomic E-state index is -0.543. The molecule has 4 atom stereocenters. The summed E-state index contributed by atoms with van der Waals surface area (Å²) in [6, 6.07) is 8.42. The molecule has 6 rings (SSSR count). The minimum absolute atomic E-state index is 0.216. The smallest absolute Gasteiger partial charge is 0.414 e. The van der Waals surface area contributed by atoms with Crippen LogP contribution >= 0.6 is 0 Å². The molecule has 11 nitrogen and oxygen atoms in total. The number of nitrogens with zero attached hydrogens (tertiary/aromatic N) is 6. The van der Waals surface area contributed by atoms with Crippen LogP contribution in [0.5, 0.6) is 0 Å². The van der Waals surface area contributed by atoms with Gasteiger partial charge in [-0.2, -0.15) is 0 Å². The van der Waals surface area contributed by atoms with Crippen molar-refractivity contribution in [1.82, 2.24) is 24.9 Å². The van der Waals surface area contributed by atoms with Gasteiger partial charge in [-0.1, -0.05) is 11.3 Å². The molecule has 210 valence electrons. The number of rotatable bonds is 6. The zero-order chi connectivity index (χ0) is 28.2. The van der Waals surface area contributed by atoms with Gasteiger partial charge in [-0.25, -0.2) is 18.7 Å². The van der Waals surface area contributed by atoms with Crippen molar-refractivity contribution in [2.45, 2.75) is 44.4 Å². The van der Waals surface area contributed by atoms with Crippen LogP contribution in [0.25, 0.3) is 11.1 Å². The molecule has 0 radical (unpaired) electrons. The summed E-state index contributed by atoms with van der Waals surface area (Å²) in [5.74, 6) is -0.0367. The highest BCUT2D eigenvalue weighted by molar-refractivity contribution is 5.90. The molecular weight excluding hydrogens is 517 g/mol. The normalized spacial score (nSPS) is 25.6. The molecule has 0 spiro atoms. The number of carbonyl (C=O) groups excluding carboxylic acids is 2. The molecule has 0 bridgehead atoms. The number of aromatic nitrogens is 4. The molecule has 2 aromatic heterocycles. The standard InChI is InChI=1S/C28H32FN7O4/c1-27(2,3)40-25(37)34-14-21-22(15-34)28(21,16-30)24-7-4-17(11-31-24)20-6-5-18(10-23(20)29)36-13-19(39-26(36)38)12-35-9-8-32-33-35/h4-11,19,21-22H,12-16,30H2,1-3H3/t19-,21-,22+,28?/m0/s1. The zero-order valence-corrected chi connectivity index (χ0v) is 22.7. The highest BCUT2D eigenvalue weighted by Gasteiger charge is 2.69. The van der Waals surface area contributed by atoms with Gasteiger partial charge in [0.25, 0.3) is 0 Å². The second kappa shape index (κ2) is 9.54. The van der Waals surface area contributed by atoms with Gasteiger partial charge < -0.3 is 20.1 Å². The molecule has 4 heterocycles. The second-order valence-corrected chi connectivity index (χ2v) is 11.7. The number of hydrogen-bond donors (Lipinski definition) is 1. The maximum absolute atomic E-state index is 15.3. The molecule has 2 N–H and O–H groups in total. The average Bonchev–Trinajstić information content (AvgIpc) is 3.41. The minimum Gasteiger partial charge on any atom is -0.444 e. The first-order valence-electron chi connectivity index (χ1n) is 13.4. The van der Waals surface area contributed by atoms with Crippen molar-refractivity contribution in [1.29, 1.82) is 0 Å². The quantitative estimate of drug-likeness (QED) is 0.497. The SMILES string of the molecule is CC(C)(C)OC(=O)N1C[C@@H]2[C@H](C1)C2(CN)c1ccc(-c2ccc(N3C[C@H](Cn4ccnn4)OC3=O)cc2F)cn1. The molecule has 2 saturated heterocycles. The molecular formula is C28H32FN7O4. The number of amides is 2. The third kappa shape index (κ3) is 4.55. The van der Waals surface area contributed by atoms with Crippen molar-refractivity contribution in [2.75, 3.05) is 31.1 Å². The van der Waals surface area contributed by atoms with E-state index in [2.05, 4.69) is 10.3 Å². The molecule has 2 amide bonds. The third-order valence-corrected chi connectivity index (χ3v) is 8.08. The summed E-state index contributed by atoms with van der Waals surface area (Å²) in [5, 5.41) is 7.64. The zero-order valence-electron chi connectivity index (χ0n) is 22.7. The average molecular weight is 550 g/mol. The molecule has 1 aliphatic carbocycles. The number of likely N-dealkylation sites (tertiary alicyclic amines) is 1. The summed E-state index contributed by atoms with van der Waals surface area (Å²) >= 11 is 0. The molecule has 2 aliphatic heterocycles. The number of halogens is 1. The Morgan fingerprint density at radius 2 is 1.98 bits per heavy atom. The van der Waals surface area contributed by atoms with Crippen molar-refractivity contribution < 1.29 is 23.5 Å². The molecule has 40 heavy (non-hydrogen) atoms. The first-order chi connectivity index (χ1) is 19.1. The predicted octanol–water partition coefficient (Wildman–Crippen LogP) is 3.20. The van der Waals surface area contributed by atoms with Crippen LogP contribution in [-0.4, -0.2) is 74.9 Å². The van der Waals surface area contributed by atoms with Crippen LogP contribution in [0.1, 0.15) is 26.5 Å². The van der Waals surface area contributed by atoms with Crippen LogP contribution in [0, 0.1) is 17.7 Å². The number of cyclic esters (lactones) is 1. The van der Waals surface area contributed by atoms with E-state index in [9.17, 15) is 9.59 Å². The van der Waals surface area contributed by atoms with Crippen molar-refractivity contribution >= 4 is 17.9 Å². The van der Waals surface area contributed by atoms with E-state index in [1.165, 1.54) is 11.0 Å². The van der Waals surface area contributed by atoms with Gasteiger partial charge in [0.15, 0.2) is 0 Å². The number of nitrogens with two attached hydrogens (primary N) is 1. The summed E-state index contributed by atoms with van der Waals surface area (Å²) < 4.78 is 27.8. The lowest BCUT2D eigenvalue weighted by molar-refractivity contribution is 0.0261. The lowest BCUT2D eigenvalue weighted by Gasteiger charge is -2.28. The van der Waals surface area contributed by atoms with E-state index < -0.39 is 23.6 Å². The summed E-state index contributed by atoms with van der Waals surface area (Å²) in [5.41, 5.74) is 7.67. The number of hydrogen-bond acceptors (Lipinski definition) is 8. The molecule has 3 aromatic rings. The van der Waals surface area contributed by atoms with Gasteiger partial charge in [0, 0.05) is 54.3 Å². The Hall–Kier alpha value is -4.06. The number of anilines is 1. The summed E-state index contributed by atoms with van der Waals surface area (Å²) in [6.45, 7) is 7.78. The Bertz CT molecular complexity index is 1410. The van der Waals surface area contributed by atoms with Crippen LogP contribution in [0.2, 0.25) is 0 Å². The Morgan fingerprint density at radius 1 is 1.20 bits per heavy atom. The van der Waals surface area contributed by atoms with E-state index in [1.54, 1.807) is 40.3 Å². The number of pyridine rings is 1. The second-order valence-electron chi connectivity index (χ2n) is 11.7. The van der Waals surface area contributed by atoms with Crippen LogP contribution < -0.4 is 10.6 Å². The fourth-order valence-corrected chi connectivity index (χ4v) is 6.10. The van der Waals surface area contributed by atoms with Gasteiger partial charge in [-0.15, -0.1) is 5.10 Å². The number of carbonyl (C=O) groups is 2.